The van der Waals surface area contributed by atoms with E-state index in [2.05, 4.69) is 23.2 Å². The monoisotopic (exact) mass is 339 g/mol. The number of nitrogens with zero attached hydrogens (tertiary/aromatic N) is 3. The lowest BCUT2D eigenvalue weighted by molar-refractivity contribution is -0.130. The van der Waals surface area contributed by atoms with Crippen molar-refractivity contribution in [2.45, 2.75) is 30.9 Å². The SMILES string of the molecule is C[C@H](SCc1ccccc1)C(=O)N(CCC#N)Cc1cccnc1. The lowest BCUT2D eigenvalue weighted by Gasteiger charge is -2.25. The largest absolute Gasteiger partial charge is 0.336 e. The molecule has 0 aliphatic rings. The molecule has 2 rings (SSSR count). The molecule has 0 radical (unpaired) electrons. The van der Waals surface area contributed by atoms with Gasteiger partial charge in [-0.05, 0) is 24.1 Å². The van der Waals surface area contributed by atoms with Crippen LogP contribution in [0.5, 0.6) is 0 Å². The summed E-state index contributed by atoms with van der Waals surface area (Å²) in [5, 5.41) is 8.70. The van der Waals surface area contributed by atoms with Crippen LogP contribution in [0.2, 0.25) is 0 Å². The summed E-state index contributed by atoms with van der Waals surface area (Å²) < 4.78 is 0. The molecule has 0 spiro atoms. The van der Waals surface area contributed by atoms with Crippen molar-refractivity contribution in [2.24, 2.45) is 0 Å². The van der Waals surface area contributed by atoms with Crippen LogP contribution in [0.3, 0.4) is 0 Å². The Kier molecular flexibility index (Phi) is 7.31. The number of amides is 1. The van der Waals surface area contributed by atoms with Crippen LogP contribution in [0.4, 0.5) is 0 Å². The molecule has 0 unspecified atom stereocenters. The van der Waals surface area contributed by atoms with E-state index >= 15 is 0 Å². The minimum Gasteiger partial charge on any atom is -0.336 e. The first-order valence-electron chi connectivity index (χ1n) is 7.91. The molecular weight excluding hydrogens is 318 g/mol. The van der Waals surface area contributed by atoms with Gasteiger partial charge in [-0.15, -0.1) is 11.8 Å². The molecule has 1 heterocycles. The highest BCUT2D eigenvalue weighted by Gasteiger charge is 2.21. The summed E-state index contributed by atoms with van der Waals surface area (Å²) >= 11 is 1.62. The van der Waals surface area contributed by atoms with Crippen molar-refractivity contribution < 1.29 is 4.79 Å². The van der Waals surface area contributed by atoms with E-state index in [1.54, 1.807) is 29.1 Å². The van der Waals surface area contributed by atoms with Gasteiger partial charge in [0.25, 0.3) is 0 Å². The van der Waals surface area contributed by atoms with Crippen molar-refractivity contribution in [3.8, 4) is 6.07 Å². The van der Waals surface area contributed by atoms with E-state index in [4.69, 9.17) is 5.26 Å². The molecule has 1 atom stereocenters. The van der Waals surface area contributed by atoms with Crippen molar-refractivity contribution in [3.63, 3.8) is 0 Å². The number of hydrogen-bond acceptors (Lipinski definition) is 4. The van der Waals surface area contributed by atoms with Gasteiger partial charge < -0.3 is 4.90 Å². The van der Waals surface area contributed by atoms with Crippen LogP contribution in [0.25, 0.3) is 0 Å². The van der Waals surface area contributed by atoms with Crippen molar-refractivity contribution >= 4 is 17.7 Å². The first kappa shape index (κ1) is 18.0. The van der Waals surface area contributed by atoms with Gasteiger partial charge in [-0.1, -0.05) is 36.4 Å². The normalized spacial score (nSPS) is 11.5. The second-order valence-electron chi connectivity index (χ2n) is 5.47. The predicted octanol–water partition coefficient (Wildman–Crippen LogP) is 3.65. The first-order chi connectivity index (χ1) is 11.7. The fraction of sp³-hybridized carbons (Fsp3) is 0.316. The summed E-state index contributed by atoms with van der Waals surface area (Å²) in [6.45, 7) is 2.86. The van der Waals surface area contributed by atoms with E-state index in [9.17, 15) is 4.79 Å². The van der Waals surface area contributed by atoms with E-state index < -0.39 is 0 Å². The number of carbonyl (C=O) groups excluding carboxylic acids is 1. The van der Waals surface area contributed by atoms with E-state index in [1.807, 2.05) is 37.3 Å². The molecule has 0 bridgehead atoms. The fourth-order valence-corrected chi connectivity index (χ4v) is 3.21. The molecule has 5 heteroatoms. The number of aromatic nitrogens is 1. The molecule has 0 fully saturated rings. The highest BCUT2D eigenvalue weighted by molar-refractivity contribution is 7.99. The molecule has 1 aromatic carbocycles. The number of hydrogen-bond donors (Lipinski definition) is 0. The lowest BCUT2D eigenvalue weighted by Crippen LogP contribution is -2.36. The Balaban J connectivity index is 1.96. The van der Waals surface area contributed by atoms with Crippen molar-refractivity contribution in [3.05, 3.63) is 66.0 Å². The highest BCUT2D eigenvalue weighted by atomic mass is 32.2. The Morgan fingerprint density at radius 1 is 1.25 bits per heavy atom. The standard InChI is InChI=1S/C19H21N3OS/c1-16(24-15-17-7-3-2-4-8-17)19(23)22(12-6-10-20)14-18-9-5-11-21-13-18/h2-5,7-9,11,13,16H,6,12,14-15H2,1H3/t16-/m0/s1. The summed E-state index contributed by atoms with van der Waals surface area (Å²) in [5.74, 6) is 0.863. The predicted molar refractivity (Wildman–Crippen MR) is 97.1 cm³/mol. The smallest absolute Gasteiger partial charge is 0.235 e. The summed E-state index contributed by atoms with van der Waals surface area (Å²) in [6.07, 6.45) is 3.81. The topological polar surface area (TPSA) is 57.0 Å². The number of benzene rings is 1. The van der Waals surface area contributed by atoms with Crippen LogP contribution >= 0.6 is 11.8 Å². The zero-order valence-corrected chi connectivity index (χ0v) is 14.6. The summed E-state index contributed by atoms with van der Waals surface area (Å²) in [4.78, 5) is 18.6. The fourth-order valence-electron chi connectivity index (χ4n) is 2.29. The van der Waals surface area contributed by atoms with Gasteiger partial charge in [0.1, 0.15) is 0 Å². The maximum absolute atomic E-state index is 12.7. The van der Waals surface area contributed by atoms with E-state index in [0.717, 1.165) is 11.3 Å². The summed E-state index contributed by atoms with van der Waals surface area (Å²) in [5.41, 5.74) is 2.18. The van der Waals surface area contributed by atoms with Crippen LogP contribution in [-0.4, -0.2) is 27.6 Å². The van der Waals surface area contributed by atoms with Gasteiger partial charge in [-0.3, -0.25) is 9.78 Å². The van der Waals surface area contributed by atoms with Gasteiger partial charge in [-0.25, -0.2) is 0 Å². The van der Waals surface area contributed by atoms with Crippen LogP contribution in [0.1, 0.15) is 24.5 Å². The van der Waals surface area contributed by atoms with E-state index in [1.165, 1.54) is 5.56 Å². The maximum Gasteiger partial charge on any atom is 0.235 e. The molecular formula is C19H21N3OS. The van der Waals surface area contributed by atoms with E-state index in [0.29, 0.717) is 19.5 Å². The molecule has 0 aliphatic heterocycles. The van der Waals surface area contributed by atoms with Gasteiger partial charge >= 0.3 is 0 Å². The van der Waals surface area contributed by atoms with E-state index in [-0.39, 0.29) is 11.2 Å². The molecule has 24 heavy (non-hydrogen) atoms. The van der Waals surface area contributed by atoms with Gasteiger partial charge in [0.05, 0.1) is 17.7 Å². The molecule has 0 saturated carbocycles. The second-order valence-corrected chi connectivity index (χ2v) is 6.80. The molecule has 1 amide bonds. The maximum atomic E-state index is 12.7. The Morgan fingerprint density at radius 3 is 2.67 bits per heavy atom. The number of nitriles is 1. The molecule has 124 valence electrons. The van der Waals surface area contributed by atoms with Gasteiger partial charge in [0.2, 0.25) is 5.91 Å². The molecule has 4 nitrogen and oxygen atoms in total. The Bertz CT molecular complexity index is 670. The second kappa shape index (κ2) is 9.74. The van der Waals surface area contributed by atoms with Crippen molar-refractivity contribution in [1.29, 1.82) is 5.26 Å². The van der Waals surface area contributed by atoms with Gasteiger partial charge in [0.15, 0.2) is 0 Å². The number of pyridine rings is 1. The minimum atomic E-state index is -0.152. The molecule has 1 aromatic heterocycles. The average molecular weight is 339 g/mol. The van der Waals surface area contributed by atoms with Crippen LogP contribution in [0.15, 0.2) is 54.9 Å². The number of thioether (sulfide) groups is 1. The lowest BCUT2D eigenvalue weighted by atomic mass is 10.2. The third-order valence-electron chi connectivity index (χ3n) is 3.59. The zero-order valence-electron chi connectivity index (χ0n) is 13.8. The van der Waals surface area contributed by atoms with Crippen LogP contribution < -0.4 is 0 Å². The Morgan fingerprint density at radius 2 is 2.00 bits per heavy atom. The zero-order chi connectivity index (χ0) is 17.2. The summed E-state index contributed by atoms with van der Waals surface area (Å²) in [6, 6.07) is 16.0. The minimum absolute atomic E-state index is 0.0648. The molecule has 0 N–H and O–H groups in total. The summed E-state index contributed by atoms with van der Waals surface area (Å²) in [7, 11) is 0. The van der Waals surface area contributed by atoms with Gasteiger partial charge in [-0.2, -0.15) is 5.26 Å². The highest BCUT2D eigenvalue weighted by Crippen LogP contribution is 2.20. The molecule has 0 saturated heterocycles. The third-order valence-corrected chi connectivity index (χ3v) is 4.79. The quantitative estimate of drug-likeness (QED) is 0.737. The molecule has 2 aromatic rings. The van der Waals surface area contributed by atoms with Crippen molar-refractivity contribution in [1.82, 2.24) is 9.88 Å². The Hall–Kier alpha value is -2.32. The molecule has 0 aliphatic carbocycles. The average Bonchev–Trinajstić information content (AvgIpc) is 2.64. The van der Waals surface area contributed by atoms with Gasteiger partial charge in [0, 0.05) is 31.2 Å². The third kappa shape index (κ3) is 5.71. The van der Waals surface area contributed by atoms with Crippen LogP contribution in [-0.2, 0) is 17.1 Å². The first-order valence-corrected chi connectivity index (χ1v) is 8.95. The number of carbonyl (C=O) groups is 1. The number of rotatable bonds is 8. The van der Waals surface area contributed by atoms with Crippen molar-refractivity contribution in [2.75, 3.05) is 6.54 Å². The Labute approximate surface area is 147 Å². The van der Waals surface area contributed by atoms with Crippen LogP contribution in [0, 0.1) is 11.3 Å².